The molecule has 0 saturated carbocycles. The summed E-state index contributed by atoms with van der Waals surface area (Å²) in [4.78, 5) is 62.8. The van der Waals surface area contributed by atoms with Gasteiger partial charge in [-0.25, -0.2) is 0 Å². The highest BCUT2D eigenvalue weighted by atomic mass is 35.5. The average molecular weight is 1140 g/mol. The van der Waals surface area contributed by atoms with Crippen molar-refractivity contribution in [1.82, 2.24) is 40.9 Å². The molecule has 0 aliphatic carbocycles. The van der Waals surface area contributed by atoms with Crippen molar-refractivity contribution in [3.63, 3.8) is 0 Å². The number of carbonyl (C=O) groups excluding carboxylic acids is 4. The van der Waals surface area contributed by atoms with Crippen LogP contribution in [0.4, 0.5) is 0 Å². The Balaban J connectivity index is 0.000000214. The molecule has 12 nitrogen and oxygen atoms in total. The number of benzene rings is 6. The first-order valence-corrected chi connectivity index (χ1v) is 30.4. The summed E-state index contributed by atoms with van der Waals surface area (Å²) in [5.41, 5.74) is 4.81. The van der Waals surface area contributed by atoms with Gasteiger partial charge in [0.2, 0.25) is 11.8 Å². The van der Waals surface area contributed by atoms with Gasteiger partial charge in [0.25, 0.3) is 11.8 Å². The molecule has 5 atom stereocenters. The molecule has 3 fully saturated rings. The van der Waals surface area contributed by atoms with Gasteiger partial charge in [-0.15, -0.1) is 0 Å². The lowest BCUT2D eigenvalue weighted by Crippen LogP contribution is -2.50. The zero-order valence-corrected chi connectivity index (χ0v) is 49.2. The quantitative estimate of drug-likeness (QED) is 0.0529. The monoisotopic (exact) mass is 1130 g/mol. The van der Waals surface area contributed by atoms with Crippen LogP contribution >= 0.6 is 23.2 Å². The van der Waals surface area contributed by atoms with E-state index >= 15 is 0 Å². The van der Waals surface area contributed by atoms with E-state index in [-0.39, 0.29) is 53.7 Å². The van der Waals surface area contributed by atoms with Gasteiger partial charge in [0.05, 0.1) is 22.1 Å². The first-order chi connectivity index (χ1) is 39.5. The Morgan fingerprint density at radius 2 is 1.07 bits per heavy atom. The van der Waals surface area contributed by atoms with Crippen molar-refractivity contribution in [3.8, 4) is 0 Å². The normalized spacial score (nSPS) is 19.4. The third-order valence-electron chi connectivity index (χ3n) is 16.6. The van der Waals surface area contributed by atoms with Crippen LogP contribution in [0.25, 0.3) is 10.8 Å². The number of halogens is 2. The molecule has 3 aliphatic rings. The molecule has 430 valence electrons. The molecular formula is C67H84Cl2N8O4. The predicted molar refractivity (Wildman–Crippen MR) is 330 cm³/mol. The van der Waals surface area contributed by atoms with E-state index in [1.54, 1.807) is 18.2 Å². The number of fused-ring (bicyclic) bond motifs is 1. The van der Waals surface area contributed by atoms with Crippen LogP contribution in [-0.4, -0.2) is 146 Å². The summed E-state index contributed by atoms with van der Waals surface area (Å²) in [6.07, 6.45) is 7.78. The van der Waals surface area contributed by atoms with Gasteiger partial charge in [-0.3, -0.25) is 19.2 Å². The standard InChI is InChI=1S/C37H44N4O2.C30H40Cl2N4O2/c1-3-40(4-2)23-22-35-37(43)41(27-34(29-14-7-5-8-15-29)30-16-9-6-10-17-30)24-21-33(39-35)26-38-36(42)32-20-19-28-13-11-12-18-31(28)25-32;1-2-22(23-9-5-3-6-10-23)21-36-18-13-25(20-33-29(37)24-11-12-26(31)27(32)19-24)34-28(30(36)38)14-17-35-15-7-4-8-16-35/h5-20,25,33-35,39H,3-4,21-24,26-27H2,1-2H3,(H,38,42);3,5-6,9-12,19,22,25,28,34H,2,4,7-8,13-18,20-21H2,1H3,(H,33,37)/t33-,35-;22?,25-,28-/m00/s1. The molecule has 4 amide bonds. The van der Waals surface area contributed by atoms with Crippen LogP contribution in [0, 0.1) is 0 Å². The lowest BCUT2D eigenvalue weighted by atomic mass is 9.90. The van der Waals surface area contributed by atoms with Crippen molar-refractivity contribution in [2.45, 2.75) is 108 Å². The number of amides is 4. The molecule has 6 aromatic carbocycles. The van der Waals surface area contributed by atoms with Crippen LogP contribution < -0.4 is 21.3 Å². The second-order valence-electron chi connectivity index (χ2n) is 22.0. The Hall–Kier alpha value is -6.12. The molecule has 0 aromatic heterocycles. The maximum atomic E-state index is 14.1. The van der Waals surface area contributed by atoms with Gasteiger partial charge in [0.15, 0.2) is 0 Å². The first-order valence-electron chi connectivity index (χ1n) is 29.7. The Labute approximate surface area is 491 Å². The number of nitrogens with one attached hydrogen (secondary N) is 4. The summed E-state index contributed by atoms with van der Waals surface area (Å²) in [6.45, 7) is 15.9. The number of piperidine rings is 1. The van der Waals surface area contributed by atoms with Gasteiger partial charge in [-0.2, -0.15) is 0 Å². The molecule has 3 aliphatic heterocycles. The molecule has 0 radical (unpaired) electrons. The number of nitrogens with zero attached hydrogens (tertiary/aromatic N) is 4. The maximum absolute atomic E-state index is 14.1. The maximum Gasteiger partial charge on any atom is 0.251 e. The summed E-state index contributed by atoms with van der Waals surface area (Å²) in [5, 5.41) is 16.4. The van der Waals surface area contributed by atoms with Gasteiger partial charge >= 0.3 is 0 Å². The number of hydrogen-bond acceptors (Lipinski definition) is 8. The summed E-state index contributed by atoms with van der Waals surface area (Å²) in [6, 6.07) is 49.6. The number of hydrogen-bond donors (Lipinski definition) is 4. The topological polar surface area (TPSA) is 129 Å². The van der Waals surface area contributed by atoms with Gasteiger partial charge in [-0.05, 0) is 129 Å². The number of likely N-dealkylation sites (tertiary alicyclic amines) is 1. The van der Waals surface area contributed by atoms with E-state index in [1.807, 2.05) is 60.7 Å². The van der Waals surface area contributed by atoms with Crippen LogP contribution in [0.5, 0.6) is 0 Å². The molecule has 0 spiro atoms. The van der Waals surface area contributed by atoms with Crippen LogP contribution in [-0.2, 0) is 9.59 Å². The van der Waals surface area contributed by atoms with E-state index in [2.05, 4.69) is 134 Å². The van der Waals surface area contributed by atoms with E-state index in [4.69, 9.17) is 23.2 Å². The fourth-order valence-corrected chi connectivity index (χ4v) is 12.0. The second-order valence-corrected chi connectivity index (χ2v) is 22.8. The highest BCUT2D eigenvalue weighted by Gasteiger charge is 2.35. The summed E-state index contributed by atoms with van der Waals surface area (Å²) in [5.74, 6) is 0.417. The third kappa shape index (κ3) is 17.7. The van der Waals surface area contributed by atoms with Crippen molar-refractivity contribution in [1.29, 1.82) is 0 Å². The van der Waals surface area contributed by atoms with Crippen LogP contribution in [0.3, 0.4) is 0 Å². The lowest BCUT2D eigenvalue weighted by Gasteiger charge is -2.31. The number of rotatable bonds is 22. The zero-order chi connectivity index (χ0) is 56.9. The smallest absolute Gasteiger partial charge is 0.251 e. The van der Waals surface area contributed by atoms with Gasteiger partial charge < -0.3 is 40.9 Å². The van der Waals surface area contributed by atoms with E-state index in [0.29, 0.717) is 66.4 Å². The molecule has 0 bridgehead atoms. The fourth-order valence-electron chi connectivity index (χ4n) is 11.7. The minimum absolute atomic E-state index is 0.00108. The van der Waals surface area contributed by atoms with Crippen molar-refractivity contribution < 1.29 is 19.2 Å². The summed E-state index contributed by atoms with van der Waals surface area (Å²) in [7, 11) is 0. The highest BCUT2D eigenvalue weighted by Crippen LogP contribution is 2.28. The summed E-state index contributed by atoms with van der Waals surface area (Å²) >= 11 is 12.1. The van der Waals surface area contributed by atoms with E-state index in [1.165, 1.54) is 36.0 Å². The van der Waals surface area contributed by atoms with Gasteiger partial charge in [-0.1, -0.05) is 172 Å². The largest absolute Gasteiger partial charge is 0.350 e. The van der Waals surface area contributed by atoms with Crippen LogP contribution in [0.2, 0.25) is 10.0 Å². The molecular weight excluding hydrogens is 1050 g/mol. The predicted octanol–water partition coefficient (Wildman–Crippen LogP) is 11.0. The molecule has 1 unspecified atom stereocenters. The fraction of sp³-hybridized carbons (Fsp3) is 0.433. The molecule has 6 aromatic rings. The highest BCUT2D eigenvalue weighted by molar-refractivity contribution is 6.42. The van der Waals surface area contributed by atoms with Crippen LogP contribution in [0.15, 0.2) is 152 Å². The molecule has 81 heavy (non-hydrogen) atoms. The second kappa shape index (κ2) is 31.4. The molecule has 3 heterocycles. The van der Waals surface area contributed by atoms with Crippen molar-refractivity contribution in [2.24, 2.45) is 0 Å². The Morgan fingerprint density at radius 1 is 0.568 bits per heavy atom. The Morgan fingerprint density at radius 3 is 1.63 bits per heavy atom. The Kier molecular flexibility index (Phi) is 23.6. The van der Waals surface area contributed by atoms with Crippen molar-refractivity contribution >= 4 is 57.6 Å². The SMILES string of the molecule is CCC(CN1CC[C@@H](CNC(=O)c2ccc(Cl)c(Cl)c2)N[C@@H](CCN2CCCCC2)C1=O)c1ccccc1.CCN(CC)CC[C@@H]1N[C@H](CNC(=O)c2ccc3ccccc3c2)CCN(CC(c2ccccc2)c2ccccc2)C1=O. The minimum Gasteiger partial charge on any atom is -0.350 e. The molecule has 9 rings (SSSR count). The molecule has 3 saturated heterocycles. The lowest BCUT2D eigenvalue weighted by molar-refractivity contribution is -0.134. The average Bonchev–Trinajstić information content (AvgIpc) is 3.77. The van der Waals surface area contributed by atoms with E-state index in [9.17, 15) is 19.2 Å². The zero-order valence-electron chi connectivity index (χ0n) is 47.7. The summed E-state index contributed by atoms with van der Waals surface area (Å²) < 4.78 is 0. The molecule has 14 heteroatoms. The van der Waals surface area contributed by atoms with E-state index in [0.717, 1.165) is 82.1 Å². The van der Waals surface area contributed by atoms with E-state index < -0.39 is 0 Å². The Bertz CT molecular complexity index is 2890. The van der Waals surface area contributed by atoms with Crippen molar-refractivity contribution in [3.05, 3.63) is 190 Å². The van der Waals surface area contributed by atoms with Crippen molar-refractivity contribution in [2.75, 3.05) is 78.5 Å². The minimum atomic E-state index is -0.308. The van der Waals surface area contributed by atoms with Gasteiger partial charge in [0, 0.05) is 87.4 Å². The first kappa shape index (κ1) is 61.0. The van der Waals surface area contributed by atoms with Gasteiger partial charge in [0.1, 0.15) is 0 Å². The number of carbonyl (C=O) groups is 4. The van der Waals surface area contributed by atoms with Crippen LogP contribution in [0.1, 0.15) is 121 Å². The third-order valence-corrected chi connectivity index (χ3v) is 17.4. The molecule has 4 N–H and O–H groups in total.